The van der Waals surface area contributed by atoms with Gasteiger partial charge in [0.15, 0.2) is 0 Å². The molecule has 0 aromatic carbocycles. The van der Waals surface area contributed by atoms with Crippen LogP contribution in [0.1, 0.15) is 47.0 Å². The molecule has 0 aliphatic heterocycles. The van der Waals surface area contributed by atoms with Crippen molar-refractivity contribution < 1.29 is 9.84 Å². The Morgan fingerprint density at radius 2 is 2.11 bits per heavy atom. The second-order valence-electron chi connectivity index (χ2n) is 6.28. The van der Waals surface area contributed by atoms with Gasteiger partial charge in [-0.3, -0.25) is 0 Å². The number of hydrogen-bond acceptors (Lipinski definition) is 4. The summed E-state index contributed by atoms with van der Waals surface area (Å²) in [5, 5.41) is 14.6. The average molecular weight is 268 g/mol. The van der Waals surface area contributed by atoms with Crippen LogP contribution in [0.2, 0.25) is 0 Å². The van der Waals surface area contributed by atoms with E-state index in [1.54, 1.807) is 13.3 Å². The minimum atomic E-state index is -0.512. The molecular formula is C15H28N2O2. The zero-order chi connectivity index (χ0) is 14.5. The molecule has 0 spiro atoms. The van der Waals surface area contributed by atoms with E-state index >= 15 is 0 Å². The molecule has 19 heavy (non-hydrogen) atoms. The summed E-state index contributed by atoms with van der Waals surface area (Å²) in [4.78, 5) is 0. The van der Waals surface area contributed by atoms with Crippen molar-refractivity contribution in [3.8, 4) is 0 Å². The summed E-state index contributed by atoms with van der Waals surface area (Å²) in [6.45, 7) is 8.16. The second kappa shape index (κ2) is 6.94. The largest absolute Gasteiger partial charge is 0.501 e. The van der Waals surface area contributed by atoms with Gasteiger partial charge in [0.2, 0.25) is 0 Å². The lowest BCUT2D eigenvalue weighted by Gasteiger charge is -2.27. The van der Waals surface area contributed by atoms with Crippen LogP contribution in [-0.2, 0) is 4.74 Å². The Labute approximate surface area is 116 Å². The molecule has 1 atom stereocenters. The Hall–Kier alpha value is -1.03. The molecule has 0 radical (unpaired) electrons. The molecule has 4 nitrogen and oxygen atoms in total. The van der Waals surface area contributed by atoms with Crippen molar-refractivity contribution in [2.75, 3.05) is 7.11 Å². The van der Waals surface area contributed by atoms with Crippen LogP contribution in [0.3, 0.4) is 0 Å². The summed E-state index contributed by atoms with van der Waals surface area (Å²) in [7, 11) is 1.65. The topological polar surface area (TPSA) is 53.9 Å². The minimum absolute atomic E-state index is 0.378. The Bertz CT molecular complexity index is 331. The first-order chi connectivity index (χ1) is 8.85. The molecule has 1 saturated carbocycles. The fraction of sp³-hybridized carbons (Fsp3) is 0.800. The summed E-state index contributed by atoms with van der Waals surface area (Å²) < 4.78 is 5.32. The summed E-state index contributed by atoms with van der Waals surface area (Å²) in [6, 6.07) is 0.541. The zero-order valence-electron chi connectivity index (χ0n) is 12.8. The van der Waals surface area contributed by atoms with Gasteiger partial charge >= 0.3 is 0 Å². The first kappa shape index (κ1) is 16.0. The van der Waals surface area contributed by atoms with Crippen molar-refractivity contribution in [3.63, 3.8) is 0 Å². The molecule has 0 amide bonds. The van der Waals surface area contributed by atoms with Gasteiger partial charge in [0.25, 0.3) is 0 Å². The molecule has 0 aromatic heterocycles. The molecule has 0 bridgehead atoms. The fourth-order valence-electron chi connectivity index (χ4n) is 1.65. The lowest BCUT2D eigenvalue weighted by Crippen LogP contribution is -2.32. The Kier molecular flexibility index (Phi) is 5.85. The minimum Gasteiger partial charge on any atom is -0.501 e. The molecule has 110 valence electrons. The SMILES string of the molecule is CO/C(=C/C(C)C)C[C@@H](O)C(C)(C)/C=N\NC1CC1. The number of ether oxygens (including phenoxy) is 1. The molecular weight excluding hydrogens is 240 g/mol. The van der Waals surface area contributed by atoms with E-state index in [4.69, 9.17) is 4.74 Å². The lowest BCUT2D eigenvalue weighted by molar-refractivity contribution is 0.0800. The van der Waals surface area contributed by atoms with Gasteiger partial charge in [-0.05, 0) is 24.8 Å². The molecule has 0 aromatic rings. The Morgan fingerprint density at radius 1 is 1.47 bits per heavy atom. The number of hydrogen-bond donors (Lipinski definition) is 2. The number of aliphatic hydroxyl groups is 1. The summed E-state index contributed by atoms with van der Waals surface area (Å²) >= 11 is 0. The van der Waals surface area contributed by atoms with Gasteiger partial charge in [0.1, 0.15) is 0 Å². The molecule has 0 unspecified atom stereocenters. The number of methoxy groups -OCH3 is 1. The maximum atomic E-state index is 10.3. The lowest BCUT2D eigenvalue weighted by atomic mass is 9.85. The van der Waals surface area contributed by atoms with E-state index in [0.29, 0.717) is 18.4 Å². The number of rotatable bonds is 8. The average Bonchev–Trinajstić information content (AvgIpc) is 3.11. The smallest absolute Gasteiger partial charge is 0.0944 e. The van der Waals surface area contributed by atoms with Crippen LogP contribution in [0.4, 0.5) is 0 Å². The van der Waals surface area contributed by atoms with E-state index in [9.17, 15) is 5.11 Å². The fourth-order valence-corrected chi connectivity index (χ4v) is 1.65. The summed E-state index contributed by atoms with van der Waals surface area (Å²) in [5.41, 5.74) is 2.70. The van der Waals surface area contributed by atoms with Gasteiger partial charge < -0.3 is 15.3 Å². The van der Waals surface area contributed by atoms with Crippen LogP contribution in [0.15, 0.2) is 16.9 Å². The third kappa shape index (κ3) is 6.10. The molecule has 1 fully saturated rings. The quantitative estimate of drug-likeness (QED) is 0.404. The van der Waals surface area contributed by atoms with E-state index in [2.05, 4.69) is 24.4 Å². The third-order valence-electron chi connectivity index (χ3n) is 3.27. The van der Waals surface area contributed by atoms with Crippen LogP contribution in [0.5, 0.6) is 0 Å². The Morgan fingerprint density at radius 3 is 2.58 bits per heavy atom. The van der Waals surface area contributed by atoms with Crippen molar-refractivity contribution in [2.24, 2.45) is 16.4 Å². The van der Waals surface area contributed by atoms with E-state index in [0.717, 1.165) is 5.76 Å². The van der Waals surface area contributed by atoms with Crippen LogP contribution in [-0.4, -0.2) is 30.6 Å². The van der Waals surface area contributed by atoms with Crippen molar-refractivity contribution in [1.29, 1.82) is 0 Å². The normalized spacial score (nSPS) is 19.0. The molecule has 1 rings (SSSR count). The summed E-state index contributed by atoms with van der Waals surface area (Å²) in [6.07, 6.45) is 6.24. The maximum absolute atomic E-state index is 10.3. The Balaban J connectivity index is 2.52. The predicted molar refractivity (Wildman–Crippen MR) is 79.0 cm³/mol. The van der Waals surface area contributed by atoms with Gasteiger partial charge in [0.05, 0.1) is 19.0 Å². The number of allylic oxidation sites excluding steroid dienone is 1. The molecule has 2 N–H and O–H groups in total. The number of hydrazone groups is 1. The highest BCUT2D eigenvalue weighted by atomic mass is 16.5. The number of nitrogens with one attached hydrogen (secondary N) is 1. The van der Waals surface area contributed by atoms with E-state index in [1.807, 2.05) is 19.9 Å². The first-order valence-electron chi connectivity index (χ1n) is 7.07. The standard InChI is InChI=1S/C15H28N2O2/c1-11(2)8-13(19-5)9-14(18)15(3,4)10-16-17-12-6-7-12/h8,10-12,14,17-18H,6-7,9H2,1-5H3/b13-8+,16-10-/t14-/m1/s1. The van der Waals surface area contributed by atoms with E-state index in [1.165, 1.54) is 12.8 Å². The zero-order valence-corrected chi connectivity index (χ0v) is 12.8. The van der Waals surface area contributed by atoms with Crippen LogP contribution in [0.25, 0.3) is 0 Å². The number of nitrogens with zero attached hydrogens (tertiary/aromatic N) is 1. The second-order valence-corrected chi connectivity index (χ2v) is 6.28. The molecule has 4 heteroatoms. The van der Waals surface area contributed by atoms with Crippen molar-refractivity contribution in [3.05, 3.63) is 11.8 Å². The number of aliphatic hydroxyl groups excluding tert-OH is 1. The van der Waals surface area contributed by atoms with Gasteiger partial charge in [-0.1, -0.05) is 27.7 Å². The highest BCUT2D eigenvalue weighted by Crippen LogP contribution is 2.25. The molecule has 1 aliphatic rings. The van der Waals surface area contributed by atoms with E-state index < -0.39 is 6.10 Å². The van der Waals surface area contributed by atoms with Gasteiger partial charge in [-0.25, -0.2) is 0 Å². The first-order valence-corrected chi connectivity index (χ1v) is 7.07. The van der Waals surface area contributed by atoms with Gasteiger partial charge in [-0.2, -0.15) is 5.10 Å². The highest BCUT2D eigenvalue weighted by Gasteiger charge is 2.28. The maximum Gasteiger partial charge on any atom is 0.0944 e. The van der Waals surface area contributed by atoms with Crippen molar-refractivity contribution in [1.82, 2.24) is 5.43 Å². The highest BCUT2D eigenvalue weighted by molar-refractivity contribution is 5.65. The van der Waals surface area contributed by atoms with Gasteiger partial charge in [0, 0.05) is 24.1 Å². The van der Waals surface area contributed by atoms with Crippen molar-refractivity contribution >= 4 is 6.21 Å². The monoisotopic (exact) mass is 268 g/mol. The van der Waals surface area contributed by atoms with Gasteiger partial charge in [-0.15, -0.1) is 0 Å². The molecule has 0 saturated heterocycles. The van der Waals surface area contributed by atoms with Crippen LogP contribution >= 0.6 is 0 Å². The van der Waals surface area contributed by atoms with E-state index in [-0.39, 0.29) is 5.41 Å². The molecule has 0 heterocycles. The predicted octanol–water partition coefficient (Wildman–Crippen LogP) is 2.69. The third-order valence-corrected chi connectivity index (χ3v) is 3.27. The molecule has 1 aliphatic carbocycles. The van der Waals surface area contributed by atoms with Crippen molar-refractivity contribution in [2.45, 2.75) is 59.1 Å². The van der Waals surface area contributed by atoms with Crippen LogP contribution < -0.4 is 5.43 Å². The summed E-state index contributed by atoms with van der Waals surface area (Å²) in [5.74, 6) is 1.24. The van der Waals surface area contributed by atoms with Crippen LogP contribution in [0, 0.1) is 11.3 Å².